The number of nitrogens with one attached hydrogen (secondary N) is 1. The van der Waals surface area contributed by atoms with E-state index in [1.807, 2.05) is 61.5 Å². The molecule has 1 saturated heterocycles. The van der Waals surface area contributed by atoms with E-state index in [9.17, 15) is 4.79 Å². The second-order valence-electron chi connectivity index (χ2n) is 6.09. The average molecular weight is 294 g/mol. The molecule has 0 unspecified atom stereocenters. The number of ether oxygens (including phenoxy) is 1. The van der Waals surface area contributed by atoms with Crippen LogP contribution in [-0.2, 0) is 6.54 Å². The van der Waals surface area contributed by atoms with E-state index in [1.54, 1.807) is 4.90 Å². The van der Waals surface area contributed by atoms with Gasteiger partial charge in [-0.15, -0.1) is 0 Å². The van der Waals surface area contributed by atoms with Gasteiger partial charge in [0.25, 0.3) is 0 Å². The van der Waals surface area contributed by atoms with E-state index in [0.717, 1.165) is 23.3 Å². The number of benzene rings is 2. The van der Waals surface area contributed by atoms with Gasteiger partial charge < -0.3 is 10.1 Å². The van der Waals surface area contributed by atoms with Crippen molar-refractivity contribution in [3.05, 3.63) is 65.7 Å². The Kier molecular flexibility index (Phi) is 2.86. The lowest BCUT2D eigenvalue weighted by atomic mass is 9.90. The molecular formula is C18H18N2O2. The minimum atomic E-state index is -0.614. The van der Waals surface area contributed by atoms with Crippen molar-refractivity contribution in [3.63, 3.8) is 0 Å². The van der Waals surface area contributed by atoms with Gasteiger partial charge in [-0.3, -0.25) is 4.90 Å². The van der Waals surface area contributed by atoms with Crippen LogP contribution in [-0.4, -0.2) is 16.7 Å². The minimum absolute atomic E-state index is 0.0227. The van der Waals surface area contributed by atoms with Crippen molar-refractivity contribution in [1.29, 1.82) is 0 Å². The Bertz CT molecular complexity index is 716. The Morgan fingerprint density at radius 2 is 1.91 bits per heavy atom. The molecule has 2 bridgehead atoms. The molecule has 2 aliphatic rings. The zero-order chi connectivity index (χ0) is 15.2. The normalized spacial score (nSPS) is 26.0. The van der Waals surface area contributed by atoms with Gasteiger partial charge in [0.05, 0.1) is 12.6 Å². The first-order chi connectivity index (χ1) is 10.7. The summed E-state index contributed by atoms with van der Waals surface area (Å²) in [6, 6.07) is 17.9. The summed E-state index contributed by atoms with van der Waals surface area (Å²) in [5.41, 5.74) is 1.55. The van der Waals surface area contributed by atoms with Crippen molar-refractivity contribution >= 4 is 6.03 Å². The summed E-state index contributed by atoms with van der Waals surface area (Å²) in [7, 11) is 0. The van der Waals surface area contributed by atoms with Gasteiger partial charge in [0.1, 0.15) is 5.75 Å². The van der Waals surface area contributed by atoms with Gasteiger partial charge in [0.15, 0.2) is 5.72 Å². The zero-order valence-corrected chi connectivity index (χ0v) is 12.5. The van der Waals surface area contributed by atoms with Crippen LogP contribution < -0.4 is 10.1 Å². The van der Waals surface area contributed by atoms with Crippen LogP contribution in [0.25, 0.3) is 0 Å². The summed E-state index contributed by atoms with van der Waals surface area (Å²) in [6.45, 7) is 2.54. The summed E-state index contributed by atoms with van der Waals surface area (Å²) in [6.07, 6.45) is 0.753. The fourth-order valence-corrected chi connectivity index (χ4v) is 3.37. The van der Waals surface area contributed by atoms with Crippen LogP contribution in [0.15, 0.2) is 54.6 Å². The average Bonchev–Trinajstić information content (AvgIpc) is 2.52. The summed E-state index contributed by atoms with van der Waals surface area (Å²) in [5.74, 6) is 0.860. The molecule has 112 valence electrons. The fourth-order valence-electron chi connectivity index (χ4n) is 3.37. The van der Waals surface area contributed by atoms with E-state index in [-0.39, 0.29) is 12.1 Å². The van der Waals surface area contributed by atoms with Crippen molar-refractivity contribution in [2.24, 2.45) is 0 Å². The highest BCUT2D eigenvalue weighted by Gasteiger charge is 2.48. The van der Waals surface area contributed by atoms with Crippen molar-refractivity contribution in [3.8, 4) is 5.75 Å². The van der Waals surface area contributed by atoms with Gasteiger partial charge in [-0.2, -0.15) is 0 Å². The van der Waals surface area contributed by atoms with Crippen LogP contribution >= 0.6 is 0 Å². The van der Waals surface area contributed by atoms with Gasteiger partial charge in [-0.1, -0.05) is 48.5 Å². The summed E-state index contributed by atoms with van der Waals surface area (Å²) >= 11 is 0. The number of rotatable bonds is 2. The summed E-state index contributed by atoms with van der Waals surface area (Å²) in [5, 5.41) is 3.11. The van der Waals surface area contributed by atoms with E-state index in [0.29, 0.717) is 6.54 Å². The largest absolute Gasteiger partial charge is 0.468 e. The fraction of sp³-hybridized carbons (Fsp3) is 0.278. The second kappa shape index (κ2) is 4.77. The Morgan fingerprint density at radius 3 is 2.73 bits per heavy atom. The minimum Gasteiger partial charge on any atom is -0.468 e. The highest BCUT2D eigenvalue weighted by Crippen LogP contribution is 2.44. The third kappa shape index (κ3) is 2.03. The summed E-state index contributed by atoms with van der Waals surface area (Å²) in [4.78, 5) is 14.3. The van der Waals surface area contributed by atoms with Crippen molar-refractivity contribution in [2.45, 2.75) is 31.7 Å². The summed E-state index contributed by atoms with van der Waals surface area (Å²) < 4.78 is 6.21. The Hall–Kier alpha value is -2.49. The molecular weight excluding hydrogens is 276 g/mol. The van der Waals surface area contributed by atoms with Crippen molar-refractivity contribution < 1.29 is 9.53 Å². The molecule has 2 amide bonds. The van der Waals surface area contributed by atoms with Gasteiger partial charge in [-0.05, 0) is 18.6 Å². The highest BCUT2D eigenvalue weighted by molar-refractivity contribution is 5.77. The maximum Gasteiger partial charge on any atom is 0.321 e. The van der Waals surface area contributed by atoms with Gasteiger partial charge >= 0.3 is 6.03 Å². The highest BCUT2D eigenvalue weighted by atomic mass is 16.5. The number of amides is 2. The molecule has 2 aliphatic heterocycles. The second-order valence-corrected chi connectivity index (χ2v) is 6.09. The molecule has 0 saturated carbocycles. The maximum atomic E-state index is 12.6. The molecule has 2 aromatic carbocycles. The molecule has 1 fully saturated rings. The topological polar surface area (TPSA) is 41.6 Å². The SMILES string of the molecule is C[C@]12C[C@@H](NC(=O)N1Cc1ccccc1)c1ccccc1O2. The molecule has 4 rings (SSSR count). The number of hydrogen-bond donors (Lipinski definition) is 1. The number of carbonyl (C=O) groups is 1. The van der Waals surface area contributed by atoms with E-state index < -0.39 is 5.72 Å². The lowest BCUT2D eigenvalue weighted by Crippen LogP contribution is -2.64. The van der Waals surface area contributed by atoms with E-state index in [2.05, 4.69) is 5.32 Å². The number of carbonyl (C=O) groups excluding carboxylic acids is 1. The third-order valence-corrected chi connectivity index (χ3v) is 4.50. The Morgan fingerprint density at radius 1 is 1.18 bits per heavy atom. The molecule has 2 heterocycles. The first-order valence-electron chi connectivity index (χ1n) is 7.56. The predicted octanol–water partition coefficient (Wildman–Crippen LogP) is 3.45. The van der Waals surface area contributed by atoms with Crippen LogP contribution in [0.1, 0.15) is 30.5 Å². The third-order valence-electron chi connectivity index (χ3n) is 4.50. The first kappa shape index (κ1) is 13.2. The Balaban J connectivity index is 1.69. The van der Waals surface area contributed by atoms with Crippen LogP contribution in [0.2, 0.25) is 0 Å². The van der Waals surface area contributed by atoms with Crippen LogP contribution in [0.3, 0.4) is 0 Å². The van der Waals surface area contributed by atoms with Gasteiger partial charge in [0, 0.05) is 12.0 Å². The number of hydrogen-bond acceptors (Lipinski definition) is 2. The predicted molar refractivity (Wildman–Crippen MR) is 83.3 cm³/mol. The molecule has 0 spiro atoms. The quantitative estimate of drug-likeness (QED) is 0.921. The molecule has 2 aromatic rings. The molecule has 0 aliphatic carbocycles. The first-order valence-corrected chi connectivity index (χ1v) is 7.56. The van der Waals surface area contributed by atoms with E-state index >= 15 is 0 Å². The number of fused-ring (bicyclic) bond motifs is 4. The molecule has 4 heteroatoms. The molecule has 4 nitrogen and oxygen atoms in total. The number of nitrogens with zero attached hydrogens (tertiary/aromatic N) is 1. The van der Waals surface area contributed by atoms with Crippen molar-refractivity contribution in [1.82, 2.24) is 10.2 Å². The van der Waals surface area contributed by atoms with Gasteiger partial charge in [-0.25, -0.2) is 4.79 Å². The lowest BCUT2D eigenvalue weighted by Gasteiger charge is -2.50. The van der Waals surface area contributed by atoms with Crippen LogP contribution in [0.4, 0.5) is 4.79 Å². The maximum absolute atomic E-state index is 12.6. The van der Waals surface area contributed by atoms with E-state index in [4.69, 9.17) is 4.74 Å². The van der Waals surface area contributed by atoms with Gasteiger partial charge in [0.2, 0.25) is 0 Å². The number of urea groups is 1. The molecule has 22 heavy (non-hydrogen) atoms. The molecule has 0 aromatic heterocycles. The smallest absolute Gasteiger partial charge is 0.321 e. The molecule has 1 N–H and O–H groups in total. The molecule has 2 atom stereocenters. The Labute approximate surface area is 129 Å². The lowest BCUT2D eigenvalue weighted by molar-refractivity contribution is -0.0879. The van der Waals surface area contributed by atoms with E-state index in [1.165, 1.54) is 0 Å². The molecule has 0 radical (unpaired) electrons. The van der Waals surface area contributed by atoms with Crippen LogP contribution in [0, 0.1) is 0 Å². The standard InChI is InChI=1S/C18H18N2O2/c1-18-11-15(14-9-5-6-10-16(14)22-18)19-17(21)20(18)12-13-7-3-2-4-8-13/h2-10,15H,11-12H2,1H3,(H,19,21)/t15-,18+/m1/s1. The van der Waals surface area contributed by atoms with Crippen molar-refractivity contribution in [2.75, 3.05) is 0 Å². The monoisotopic (exact) mass is 294 g/mol. The number of para-hydroxylation sites is 1. The zero-order valence-electron chi connectivity index (χ0n) is 12.5. The van der Waals surface area contributed by atoms with Crippen LogP contribution in [0.5, 0.6) is 5.75 Å².